The van der Waals surface area contributed by atoms with Gasteiger partial charge in [0.05, 0.1) is 10.8 Å². The molecule has 0 saturated carbocycles. The van der Waals surface area contributed by atoms with Gasteiger partial charge in [-0.15, -0.1) is 0 Å². The summed E-state index contributed by atoms with van der Waals surface area (Å²) in [6.45, 7) is 15.9. The maximum Gasteiger partial charge on any atom is 0.243 e. The van der Waals surface area contributed by atoms with Crippen LogP contribution in [0.4, 0.5) is 5.69 Å². The number of nitrogens with zero attached hydrogens (tertiary/aromatic N) is 3. The molecule has 2 fully saturated rings. The molecule has 5 rings (SSSR count). The molecule has 0 radical (unpaired) electrons. The van der Waals surface area contributed by atoms with Crippen molar-refractivity contribution in [2.24, 2.45) is 5.92 Å². The fraction of sp³-hybridized carbons (Fsp3) is 0.472. The molecule has 2 atom stereocenters. The number of carbonyl (C=O) groups excluding carboxylic acids is 1. The number of hydrogen-bond acceptors (Lipinski definition) is 4. The van der Waals surface area contributed by atoms with Gasteiger partial charge in [-0.05, 0) is 52.1 Å². The summed E-state index contributed by atoms with van der Waals surface area (Å²) in [6.07, 6.45) is 0. The Morgan fingerprint density at radius 2 is 1.26 bits per heavy atom. The lowest BCUT2D eigenvalue weighted by molar-refractivity contribution is -0.135. The smallest absolute Gasteiger partial charge is 0.243 e. The number of sulfonamides is 1. The first kappa shape index (κ1) is 31.3. The van der Waals surface area contributed by atoms with Crippen molar-refractivity contribution >= 4 is 21.6 Å². The summed E-state index contributed by atoms with van der Waals surface area (Å²) < 4.78 is 31.0. The van der Waals surface area contributed by atoms with E-state index in [1.54, 1.807) is 4.31 Å². The van der Waals surface area contributed by atoms with Gasteiger partial charge in [-0.2, -0.15) is 4.31 Å². The van der Waals surface area contributed by atoms with Gasteiger partial charge in [0.2, 0.25) is 15.9 Å². The van der Waals surface area contributed by atoms with E-state index in [0.717, 1.165) is 35.3 Å². The molecule has 0 spiro atoms. The van der Waals surface area contributed by atoms with Gasteiger partial charge in [0.25, 0.3) is 0 Å². The molecule has 3 aromatic rings. The van der Waals surface area contributed by atoms with Crippen LogP contribution >= 0.6 is 0 Å². The second-order valence-electron chi connectivity index (χ2n) is 13.1. The Morgan fingerprint density at radius 3 is 1.77 bits per heavy atom. The predicted octanol–water partition coefficient (Wildman–Crippen LogP) is 6.81. The second kappa shape index (κ2) is 12.8. The predicted molar refractivity (Wildman–Crippen MR) is 175 cm³/mol. The number of para-hydroxylation sites is 1. The van der Waals surface area contributed by atoms with E-state index in [1.807, 2.05) is 53.4 Å². The van der Waals surface area contributed by atoms with Gasteiger partial charge in [0.1, 0.15) is 0 Å². The van der Waals surface area contributed by atoms with Gasteiger partial charge in [0, 0.05) is 50.9 Å². The lowest BCUT2D eigenvalue weighted by Gasteiger charge is -2.37. The van der Waals surface area contributed by atoms with Crippen LogP contribution in [0.3, 0.4) is 0 Å². The van der Waals surface area contributed by atoms with E-state index in [2.05, 4.69) is 70.7 Å². The molecule has 7 heteroatoms. The Balaban J connectivity index is 1.47. The molecule has 2 aliphatic heterocycles. The Kier molecular flexibility index (Phi) is 9.33. The molecule has 2 aliphatic rings. The molecule has 1 amide bonds. The van der Waals surface area contributed by atoms with Gasteiger partial charge in [-0.25, -0.2) is 8.42 Å². The van der Waals surface area contributed by atoms with Crippen molar-refractivity contribution in [2.45, 2.75) is 70.1 Å². The fourth-order valence-electron chi connectivity index (χ4n) is 6.63. The maximum atomic E-state index is 14.7. The Hall–Kier alpha value is -3.16. The molecule has 0 aromatic heterocycles. The molecular formula is C36H47N3O3S. The third-order valence-corrected chi connectivity index (χ3v) is 11.2. The van der Waals surface area contributed by atoms with Crippen LogP contribution in [0.15, 0.2) is 77.7 Å². The van der Waals surface area contributed by atoms with Gasteiger partial charge < -0.3 is 9.80 Å². The molecular weight excluding hydrogens is 554 g/mol. The number of piperazine rings is 1. The number of anilines is 1. The van der Waals surface area contributed by atoms with Crippen molar-refractivity contribution in [3.8, 4) is 0 Å². The molecule has 230 valence electrons. The quantitative estimate of drug-likeness (QED) is 0.285. The van der Waals surface area contributed by atoms with Gasteiger partial charge in [-0.1, -0.05) is 102 Å². The molecule has 2 saturated heterocycles. The number of rotatable bonds is 8. The highest BCUT2D eigenvalue weighted by atomic mass is 32.2. The molecule has 0 aliphatic carbocycles. The van der Waals surface area contributed by atoms with Crippen molar-refractivity contribution in [1.29, 1.82) is 0 Å². The minimum Gasteiger partial charge on any atom is -0.368 e. The first-order valence-electron chi connectivity index (χ1n) is 15.8. The first-order chi connectivity index (χ1) is 20.5. The van der Waals surface area contributed by atoms with Gasteiger partial charge >= 0.3 is 0 Å². The van der Waals surface area contributed by atoms with E-state index in [4.69, 9.17) is 0 Å². The maximum absolute atomic E-state index is 14.7. The number of carbonyl (C=O) groups is 1. The van der Waals surface area contributed by atoms with Crippen LogP contribution in [0, 0.1) is 5.92 Å². The zero-order chi connectivity index (χ0) is 30.9. The standard InChI is InChI=1S/C36H47N3O3S/c1-25(2)29-21-31(26(3)4)35(32(22-29)27(5)6)43(41,42)39-23-33(28-13-9-7-10-14-28)34(24-39)36(40)38-19-17-37(18-20-38)30-15-11-8-12-16-30/h7-16,21-22,25-27,33-34H,17-20,23-24H2,1-6H3/t33-,34+/m0/s1. The summed E-state index contributed by atoms with van der Waals surface area (Å²) >= 11 is 0. The SMILES string of the molecule is CC(C)c1cc(C(C)C)c(S(=O)(=O)N2C[C@@H](C(=O)N3CCN(c4ccccc4)CC3)[C@H](c3ccccc3)C2)c(C(C)C)c1. The Labute approximate surface area is 258 Å². The van der Waals surface area contributed by atoms with E-state index in [-0.39, 0.29) is 30.2 Å². The summed E-state index contributed by atoms with van der Waals surface area (Å²) in [5.41, 5.74) is 5.10. The summed E-state index contributed by atoms with van der Waals surface area (Å²) in [5.74, 6) is -0.178. The second-order valence-corrected chi connectivity index (χ2v) is 15.0. The van der Waals surface area contributed by atoms with Crippen molar-refractivity contribution in [2.75, 3.05) is 44.2 Å². The van der Waals surface area contributed by atoms with Crippen LogP contribution in [-0.2, 0) is 14.8 Å². The topological polar surface area (TPSA) is 60.9 Å². The molecule has 43 heavy (non-hydrogen) atoms. The van der Waals surface area contributed by atoms with Crippen LogP contribution in [0.25, 0.3) is 0 Å². The summed E-state index contributed by atoms with van der Waals surface area (Å²) in [5, 5.41) is 0. The van der Waals surface area contributed by atoms with Gasteiger partial charge in [0.15, 0.2) is 0 Å². The zero-order valence-electron chi connectivity index (χ0n) is 26.5. The fourth-order valence-corrected chi connectivity index (χ4v) is 8.78. The molecule has 2 heterocycles. The highest BCUT2D eigenvalue weighted by Gasteiger charge is 2.46. The molecule has 0 bridgehead atoms. The van der Waals surface area contributed by atoms with Crippen LogP contribution in [0.2, 0.25) is 0 Å². The highest BCUT2D eigenvalue weighted by Crippen LogP contribution is 2.41. The summed E-state index contributed by atoms with van der Waals surface area (Å²) in [6, 6.07) is 24.5. The summed E-state index contributed by atoms with van der Waals surface area (Å²) in [7, 11) is -3.86. The zero-order valence-corrected chi connectivity index (χ0v) is 27.3. The number of benzene rings is 3. The van der Waals surface area contributed by atoms with Crippen molar-refractivity contribution < 1.29 is 13.2 Å². The van der Waals surface area contributed by atoms with Crippen molar-refractivity contribution in [3.05, 3.63) is 95.1 Å². The molecule has 0 unspecified atom stereocenters. The van der Waals surface area contributed by atoms with Gasteiger partial charge in [-0.3, -0.25) is 4.79 Å². The number of amides is 1. The minimum atomic E-state index is -3.86. The van der Waals surface area contributed by atoms with E-state index >= 15 is 0 Å². The average Bonchev–Trinajstić information content (AvgIpc) is 3.47. The van der Waals surface area contributed by atoms with Crippen LogP contribution in [-0.4, -0.2) is 62.8 Å². The van der Waals surface area contributed by atoms with E-state index in [0.29, 0.717) is 30.4 Å². The normalized spacial score (nSPS) is 20.0. The molecule has 0 N–H and O–H groups in total. The Bertz CT molecular complexity index is 1480. The monoisotopic (exact) mass is 601 g/mol. The third-order valence-electron chi connectivity index (χ3n) is 9.22. The van der Waals surface area contributed by atoms with Crippen LogP contribution < -0.4 is 4.90 Å². The third kappa shape index (κ3) is 6.39. The molecule has 6 nitrogen and oxygen atoms in total. The highest BCUT2D eigenvalue weighted by molar-refractivity contribution is 7.89. The molecule has 3 aromatic carbocycles. The van der Waals surface area contributed by atoms with E-state index < -0.39 is 15.9 Å². The summed E-state index contributed by atoms with van der Waals surface area (Å²) in [4.78, 5) is 18.9. The van der Waals surface area contributed by atoms with Crippen LogP contribution in [0.5, 0.6) is 0 Å². The van der Waals surface area contributed by atoms with Crippen molar-refractivity contribution in [1.82, 2.24) is 9.21 Å². The van der Waals surface area contributed by atoms with Crippen LogP contribution in [0.1, 0.15) is 87.5 Å². The number of hydrogen-bond donors (Lipinski definition) is 0. The lowest BCUT2D eigenvalue weighted by Crippen LogP contribution is -2.51. The van der Waals surface area contributed by atoms with E-state index in [1.165, 1.54) is 5.69 Å². The average molecular weight is 602 g/mol. The van der Waals surface area contributed by atoms with E-state index in [9.17, 15) is 13.2 Å². The minimum absolute atomic E-state index is 0.0480. The Morgan fingerprint density at radius 1 is 0.721 bits per heavy atom. The van der Waals surface area contributed by atoms with Crippen molar-refractivity contribution in [3.63, 3.8) is 0 Å². The first-order valence-corrected chi connectivity index (χ1v) is 17.2. The lowest BCUT2D eigenvalue weighted by atomic mass is 9.88. The largest absolute Gasteiger partial charge is 0.368 e.